The fourth-order valence-corrected chi connectivity index (χ4v) is 2.08. The smallest absolute Gasteiger partial charge is 0.240 e. The third-order valence-corrected chi connectivity index (χ3v) is 3.03. The molecule has 2 atom stereocenters. The van der Waals surface area contributed by atoms with E-state index in [9.17, 15) is 9.90 Å². The van der Waals surface area contributed by atoms with E-state index >= 15 is 0 Å². The lowest BCUT2D eigenvalue weighted by molar-refractivity contribution is -0.135. The Morgan fingerprint density at radius 3 is 2.94 bits per heavy atom. The van der Waals surface area contributed by atoms with Gasteiger partial charge in [-0.15, -0.1) is 12.3 Å². The molecule has 0 bridgehead atoms. The van der Waals surface area contributed by atoms with E-state index in [1.807, 2.05) is 0 Å². The van der Waals surface area contributed by atoms with E-state index in [4.69, 9.17) is 12.2 Å². The Kier molecular flexibility index (Phi) is 5.30. The topological polar surface area (TPSA) is 66.6 Å². The van der Waals surface area contributed by atoms with Crippen LogP contribution in [-0.2, 0) is 4.79 Å². The summed E-state index contributed by atoms with van der Waals surface area (Å²) in [5, 5.41) is 9.27. The average molecular weight is 224 g/mol. The van der Waals surface area contributed by atoms with E-state index in [1.165, 1.54) is 0 Å². The SMILES string of the molecule is C#CCC(N)C(=O)N1CCCCCC1CO. The van der Waals surface area contributed by atoms with Gasteiger partial charge in [-0.25, -0.2) is 0 Å². The van der Waals surface area contributed by atoms with Crippen LogP contribution in [0.4, 0.5) is 0 Å². The molecule has 3 N–H and O–H groups in total. The monoisotopic (exact) mass is 224 g/mol. The van der Waals surface area contributed by atoms with Gasteiger partial charge in [0.1, 0.15) is 0 Å². The molecule has 0 spiro atoms. The Bertz CT molecular complexity index is 273. The van der Waals surface area contributed by atoms with E-state index in [1.54, 1.807) is 4.90 Å². The van der Waals surface area contributed by atoms with Crippen LogP contribution in [0.25, 0.3) is 0 Å². The molecule has 1 rings (SSSR count). The summed E-state index contributed by atoms with van der Waals surface area (Å²) >= 11 is 0. The van der Waals surface area contributed by atoms with Crippen molar-refractivity contribution >= 4 is 5.91 Å². The van der Waals surface area contributed by atoms with E-state index < -0.39 is 6.04 Å². The third kappa shape index (κ3) is 3.22. The van der Waals surface area contributed by atoms with Gasteiger partial charge in [-0.05, 0) is 12.8 Å². The van der Waals surface area contributed by atoms with Gasteiger partial charge in [-0.1, -0.05) is 12.8 Å². The summed E-state index contributed by atoms with van der Waals surface area (Å²) in [6.45, 7) is 0.691. The molecule has 90 valence electrons. The highest BCUT2D eigenvalue weighted by Crippen LogP contribution is 2.17. The maximum absolute atomic E-state index is 12.0. The molecule has 0 aromatic heterocycles. The van der Waals surface area contributed by atoms with Gasteiger partial charge in [0.25, 0.3) is 0 Å². The lowest BCUT2D eigenvalue weighted by Crippen LogP contribution is -2.49. The Labute approximate surface area is 96.8 Å². The highest BCUT2D eigenvalue weighted by molar-refractivity contribution is 5.82. The summed E-state index contributed by atoms with van der Waals surface area (Å²) < 4.78 is 0. The molecule has 1 heterocycles. The van der Waals surface area contributed by atoms with Gasteiger partial charge < -0.3 is 15.7 Å². The number of terminal acetylenes is 1. The second kappa shape index (κ2) is 6.51. The molecule has 0 radical (unpaired) electrons. The highest BCUT2D eigenvalue weighted by Gasteiger charge is 2.27. The van der Waals surface area contributed by atoms with Crippen molar-refractivity contribution in [3.8, 4) is 12.3 Å². The number of carbonyl (C=O) groups is 1. The van der Waals surface area contributed by atoms with Crippen LogP contribution < -0.4 is 5.73 Å². The molecule has 1 saturated heterocycles. The van der Waals surface area contributed by atoms with Gasteiger partial charge in [-0.3, -0.25) is 4.79 Å². The Hall–Kier alpha value is -1.05. The number of likely N-dealkylation sites (tertiary alicyclic amines) is 1. The molecule has 4 heteroatoms. The van der Waals surface area contributed by atoms with Gasteiger partial charge in [0.05, 0.1) is 18.7 Å². The molecule has 2 unspecified atom stereocenters. The fourth-order valence-electron chi connectivity index (χ4n) is 2.08. The van der Waals surface area contributed by atoms with E-state index in [-0.39, 0.29) is 25.0 Å². The molecule has 4 nitrogen and oxygen atoms in total. The predicted molar refractivity (Wildman–Crippen MR) is 62.5 cm³/mol. The maximum atomic E-state index is 12.0. The van der Waals surface area contributed by atoms with Gasteiger partial charge >= 0.3 is 0 Å². The third-order valence-electron chi connectivity index (χ3n) is 3.03. The van der Waals surface area contributed by atoms with Crippen molar-refractivity contribution in [3.63, 3.8) is 0 Å². The number of carbonyl (C=O) groups excluding carboxylic acids is 1. The molecule has 1 amide bonds. The second-order valence-corrected chi connectivity index (χ2v) is 4.23. The summed E-state index contributed by atoms with van der Waals surface area (Å²) in [5.41, 5.74) is 5.71. The van der Waals surface area contributed by atoms with E-state index in [0.29, 0.717) is 6.54 Å². The maximum Gasteiger partial charge on any atom is 0.240 e. The van der Waals surface area contributed by atoms with Gasteiger partial charge in [0, 0.05) is 13.0 Å². The van der Waals surface area contributed by atoms with Crippen LogP contribution in [0.5, 0.6) is 0 Å². The number of nitrogens with zero attached hydrogens (tertiary/aromatic N) is 1. The van der Waals surface area contributed by atoms with Crippen LogP contribution in [0.2, 0.25) is 0 Å². The zero-order valence-corrected chi connectivity index (χ0v) is 9.56. The predicted octanol–water partition coefficient (Wildman–Crippen LogP) is 0.100. The number of rotatable bonds is 3. The summed E-state index contributed by atoms with van der Waals surface area (Å²) in [6.07, 6.45) is 9.39. The van der Waals surface area contributed by atoms with Crippen LogP contribution in [0.1, 0.15) is 32.1 Å². The lowest BCUT2D eigenvalue weighted by Gasteiger charge is -2.30. The molecule has 1 aliphatic rings. The number of aliphatic hydroxyl groups excluding tert-OH is 1. The zero-order chi connectivity index (χ0) is 12.0. The van der Waals surface area contributed by atoms with E-state index in [2.05, 4.69) is 5.92 Å². The summed E-state index contributed by atoms with van der Waals surface area (Å²) in [6, 6.07) is -0.712. The highest BCUT2D eigenvalue weighted by atomic mass is 16.3. The summed E-state index contributed by atoms with van der Waals surface area (Å²) in [5.74, 6) is 2.27. The minimum atomic E-state index is -0.628. The molecule has 1 fully saturated rings. The normalized spacial score (nSPS) is 23.3. The summed E-state index contributed by atoms with van der Waals surface area (Å²) in [7, 11) is 0. The Morgan fingerprint density at radius 2 is 2.31 bits per heavy atom. The molecular weight excluding hydrogens is 204 g/mol. The first-order valence-corrected chi connectivity index (χ1v) is 5.81. The van der Waals surface area contributed by atoms with Gasteiger partial charge in [0.15, 0.2) is 0 Å². The number of nitrogens with two attached hydrogens (primary N) is 1. The second-order valence-electron chi connectivity index (χ2n) is 4.23. The molecule has 0 aromatic carbocycles. The quantitative estimate of drug-likeness (QED) is 0.668. The van der Waals surface area contributed by atoms with Crippen molar-refractivity contribution in [1.82, 2.24) is 4.90 Å². The molecule has 16 heavy (non-hydrogen) atoms. The van der Waals surface area contributed by atoms with Crippen molar-refractivity contribution in [1.29, 1.82) is 0 Å². The number of amides is 1. The minimum absolute atomic E-state index is 0.00845. The van der Waals surface area contributed by atoms with Gasteiger partial charge in [-0.2, -0.15) is 0 Å². The van der Waals surface area contributed by atoms with Crippen molar-refractivity contribution in [3.05, 3.63) is 0 Å². The largest absolute Gasteiger partial charge is 0.394 e. The molecular formula is C12H20N2O2. The number of aliphatic hydroxyl groups is 1. The fraction of sp³-hybridized carbons (Fsp3) is 0.750. The standard InChI is InChI=1S/C12H20N2O2/c1-2-6-11(13)12(16)14-8-5-3-4-7-10(14)9-15/h1,10-11,15H,3-9,13H2. The van der Waals surface area contributed by atoms with Crippen LogP contribution in [0, 0.1) is 12.3 Å². The Morgan fingerprint density at radius 1 is 1.56 bits per heavy atom. The first-order chi connectivity index (χ1) is 7.70. The minimum Gasteiger partial charge on any atom is -0.394 e. The van der Waals surface area contributed by atoms with Crippen molar-refractivity contribution in [2.24, 2.45) is 5.73 Å². The van der Waals surface area contributed by atoms with Crippen LogP contribution in [-0.4, -0.2) is 41.1 Å². The molecule has 0 aliphatic carbocycles. The molecule has 0 saturated carbocycles. The Balaban J connectivity index is 2.66. The number of hydrogen-bond donors (Lipinski definition) is 2. The van der Waals surface area contributed by atoms with Crippen LogP contribution in [0.15, 0.2) is 0 Å². The first-order valence-electron chi connectivity index (χ1n) is 5.81. The molecule has 1 aliphatic heterocycles. The average Bonchev–Trinajstić information content (AvgIpc) is 2.53. The number of hydrogen-bond acceptors (Lipinski definition) is 3. The van der Waals surface area contributed by atoms with Crippen LogP contribution >= 0.6 is 0 Å². The van der Waals surface area contributed by atoms with Crippen molar-refractivity contribution < 1.29 is 9.90 Å². The van der Waals surface area contributed by atoms with Gasteiger partial charge in [0.2, 0.25) is 5.91 Å². The zero-order valence-electron chi connectivity index (χ0n) is 9.56. The van der Waals surface area contributed by atoms with Crippen molar-refractivity contribution in [2.45, 2.75) is 44.2 Å². The van der Waals surface area contributed by atoms with Crippen molar-refractivity contribution in [2.75, 3.05) is 13.2 Å². The van der Waals surface area contributed by atoms with E-state index in [0.717, 1.165) is 25.7 Å². The molecule has 0 aromatic rings. The van der Waals surface area contributed by atoms with Crippen LogP contribution in [0.3, 0.4) is 0 Å². The lowest BCUT2D eigenvalue weighted by atomic mass is 10.1. The summed E-state index contributed by atoms with van der Waals surface area (Å²) in [4.78, 5) is 13.7. The first kappa shape index (κ1) is 13.0.